The summed E-state index contributed by atoms with van der Waals surface area (Å²) < 4.78 is 0. The molecule has 2 aromatic rings. The largest absolute Gasteiger partial charge is 0.368 e. The number of Topliss-reactive ketones (excluding diaryl/α,β-unsaturated/α-hetero) is 1. The molecule has 1 aliphatic heterocycles. The lowest BCUT2D eigenvalue weighted by Crippen LogP contribution is -2.52. The summed E-state index contributed by atoms with van der Waals surface area (Å²) in [6.45, 7) is 4.58. The van der Waals surface area contributed by atoms with Crippen LogP contribution >= 0.6 is 0 Å². The lowest BCUT2D eigenvalue weighted by Gasteiger charge is -2.37. The smallest absolute Gasteiger partial charge is 0.318 e. The summed E-state index contributed by atoms with van der Waals surface area (Å²) >= 11 is 0. The first kappa shape index (κ1) is 18.5. The average molecular weight is 377 g/mol. The second-order valence-corrected chi connectivity index (χ2v) is 7.75. The van der Waals surface area contributed by atoms with E-state index in [0.717, 1.165) is 24.3 Å². The zero-order chi connectivity index (χ0) is 19.5. The van der Waals surface area contributed by atoms with Gasteiger partial charge in [-0.05, 0) is 55.5 Å². The van der Waals surface area contributed by atoms with Crippen molar-refractivity contribution in [2.75, 3.05) is 31.1 Å². The first-order valence-corrected chi connectivity index (χ1v) is 10.1. The second-order valence-electron chi connectivity index (χ2n) is 7.75. The van der Waals surface area contributed by atoms with E-state index >= 15 is 0 Å². The van der Waals surface area contributed by atoms with Crippen molar-refractivity contribution in [3.8, 4) is 0 Å². The van der Waals surface area contributed by atoms with Crippen molar-refractivity contribution in [1.82, 2.24) is 10.2 Å². The van der Waals surface area contributed by atoms with Gasteiger partial charge in [0.15, 0.2) is 5.78 Å². The lowest BCUT2D eigenvalue weighted by molar-refractivity contribution is 0.101. The Hall–Kier alpha value is -2.82. The number of nitrogens with zero attached hydrogens (tertiary/aromatic N) is 2. The Morgan fingerprint density at radius 1 is 0.929 bits per heavy atom. The molecular formula is C23H27N3O2. The molecule has 0 radical (unpaired) electrons. The molecule has 146 valence electrons. The standard InChI is InChI=1S/C23H27N3O2/c1-17(27)18-9-11-21(12-10-18)25-13-15-26(16-14-25)23(28)24-22(20-7-8-20)19-5-3-2-4-6-19/h2-6,9-12,20,22H,7-8,13-16H2,1H3,(H,24,28). The van der Waals surface area contributed by atoms with Crippen LogP contribution in [0.1, 0.15) is 41.7 Å². The molecule has 0 aromatic heterocycles. The number of nitrogens with one attached hydrogen (secondary N) is 1. The highest BCUT2D eigenvalue weighted by atomic mass is 16.2. The Labute approximate surface area is 166 Å². The Bertz CT molecular complexity index is 823. The summed E-state index contributed by atoms with van der Waals surface area (Å²) in [5.74, 6) is 0.643. The molecule has 2 fully saturated rings. The first-order chi connectivity index (χ1) is 13.6. The number of anilines is 1. The van der Waals surface area contributed by atoms with E-state index in [4.69, 9.17) is 0 Å². The zero-order valence-corrected chi connectivity index (χ0v) is 16.3. The van der Waals surface area contributed by atoms with Crippen LogP contribution < -0.4 is 10.2 Å². The predicted octanol–water partition coefficient (Wildman–Crippen LogP) is 3.87. The quantitative estimate of drug-likeness (QED) is 0.805. The monoisotopic (exact) mass is 377 g/mol. The van der Waals surface area contributed by atoms with Gasteiger partial charge in [0.2, 0.25) is 0 Å². The minimum Gasteiger partial charge on any atom is -0.368 e. The van der Waals surface area contributed by atoms with Gasteiger partial charge in [0.1, 0.15) is 0 Å². The highest BCUT2D eigenvalue weighted by Crippen LogP contribution is 2.41. The van der Waals surface area contributed by atoms with Crippen molar-refractivity contribution in [3.63, 3.8) is 0 Å². The molecule has 1 saturated heterocycles. The minimum atomic E-state index is 0.0346. The number of carbonyl (C=O) groups excluding carboxylic acids is 2. The van der Waals surface area contributed by atoms with E-state index in [0.29, 0.717) is 19.0 Å². The molecule has 1 atom stereocenters. The van der Waals surface area contributed by atoms with Gasteiger partial charge in [-0.3, -0.25) is 4.79 Å². The molecule has 5 heteroatoms. The van der Waals surface area contributed by atoms with Crippen LogP contribution in [0.3, 0.4) is 0 Å². The number of benzene rings is 2. The van der Waals surface area contributed by atoms with Crippen LogP contribution in [0.15, 0.2) is 54.6 Å². The van der Waals surface area contributed by atoms with Crippen molar-refractivity contribution >= 4 is 17.5 Å². The van der Waals surface area contributed by atoms with Crippen LogP contribution in [0.2, 0.25) is 0 Å². The van der Waals surface area contributed by atoms with E-state index in [-0.39, 0.29) is 17.9 Å². The molecule has 1 unspecified atom stereocenters. The van der Waals surface area contributed by atoms with Crippen molar-refractivity contribution in [2.24, 2.45) is 5.92 Å². The predicted molar refractivity (Wildman–Crippen MR) is 111 cm³/mol. The highest BCUT2D eigenvalue weighted by Gasteiger charge is 2.34. The van der Waals surface area contributed by atoms with Crippen molar-refractivity contribution < 1.29 is 9.59 Å². The number of carbonyl (C=O) groups is 2. The fourth-order valence-corrected chi connectivity index (χ4v) is 3.86. The molecule has 1 aliphatic carbocycles. The van der Waals surface area contributed by atoms with E-state index in [1.165, 1.54) is 18.4 Å². The van der Waals surface area contributed by atoms with E-state index in [1.807, 2.05) is 47.4 Å². The third kappa shape index (κ3) is 4.19. The third-order valence-corrected chi connectivity index (χ3v) is 5.74. The van der Waals surface area contributed by atoms with Crippen molar-refractivity contribution in [3.05, 3.63) is 65.7 Å². The van der Waals surface area contributed by atoms with E-state index in [1.54, 1.807) is 6.92 Å². The van der Waals surface area contributed by atoms with E-state index in [9.17, 15) is 9.59 Å². The van der Waals surface area contributed by atoms with Crippen LogP contribution in [-0.4, -0.2) is 42.9 Å². The number of urea groups is 1. The minimum absolute atomic E-state index is 0.0346. The molecule has 2 aliphatic rings. The molecule has 2 amide bonds. The number of amides is 2. The molecule has 28 heavy (non-hydrogen) atoms. The fraction of sp³-hybridized carbons (Fsp3) is 0.391. The van der Waals surface area contributed by atoms with E-state index in [2.05, 4.69) is 22.3 Å². The van der Waals surface area contributed by atoms with Crippen LogP contribution in [-0.2, 0) is 0 Å². The third-order valence-electron chi connectivity index (χ3n) is 5.74. The van der Waals surface area contributed by atoms with Crippen molar-refractivity contribution in [2.45, 2.75) is 25.8 Å². The van der Waals surface area contributed by atoms with Gasteiger partial charge in [-0.15, -0.1) is 0 Å². The molecule has 1 N–H and O–H groups in total. The van der Waals surface area contributed by atoms with E-state index < -0.39 is 0 Å². The van der Waals surface area contributed by atoms with Gasteiger partial charge in [-0.25, -0.2) is 4.79 Å². The maximum atomic E-state index is 12.8. The zero-order valence-electron chi connectivity index (χ0n) is 16.3. The molecule has 1 saturated carbocycles. The maximum Gasteiger partial charge on any atom is 0.318 e. The molecule has 0 spiro atoms. The Kier molecular flexibility index (Phi) is 5.33. The van der Waals surface area contributed by atoms with Gasteiger partial charge in [-0.1, -0.05) is 30.3 Å². The number of hydrogen-bond donors (Lipinski definition) is 1. The summed E-state index contributed by atoms with van der Waals surface area (Å²) in [6, 6.07) is 18.2. The van der Waals surface area contributed by atoms with Gasteiger partial charge in [-0.2, -0.15) is 0 Å². The normalized spacial score (nSPS) is 17.9. The second kappa shape index (κ2) is 8.05. The molecule has 2 aromatic carbocycles. The Morgan fingerprint density at radius 3 is 2.14 bits per heavy atom. The summed E-state index contributed by atoms with van der Waals surface area (Å²) in [6.07, 6.45) is 2.37. The number of rotatable bonds is 5. The topological polar surface area (TPSA) is 52.7 Å². The number of piperazine rings is 1. The molecule has 1 heterocycles. The Morgan fingerprint density at radius 2 is 1.57 bits per heavy atom. The van der Waals surface area contributed by atoms with Crippen LogP contribution in [0.25, 0.3) is 0 Å². The molecular weight excluding hydrogens is 350 g/mol. The fourth-order valence-electron chi connectivity index (χ4n) is 3.86. The molecule has 4 rings (SSSR count). The van der Waals surface area contributed by atoms with Gasteiger partial charge in [0.25, 0.3) is 0 Å². The van der Waals surface area contributed by atoms with Gasteiger partial charge in [0, 0.05) is 37.4 Å². The van der Waals surface area contributed by atoms with Crippen LogP contribution in [0.5, 0.6) is 0 Å². The van der Waals surface area contributed by atoms with Gasteiger partial charge < -0.3 is 15.1 Å². The van der Waals surface area contributed by atoms with Gasteiger partial charge >= 0.3 is 6.03 Å². The number of ketones is 1. The number of hydrogen-bond acceptors (Lipinski definition) is 3. The maximum absolute atomic E-state index is 12.8. The summed E-state index contributed by atoms with van der Waals surface area (Å²) in [7, 11) is 0. The van der Waals surface area contributed by atoms with Gasteiger partial charge in [0.05, 0.1) is 6.04 Å². The lowest BCUT2D eigenvalue weighted by atomic mass is 10.0. The van der Waals surface area contributed by atoms with Crippen LogP contribution in [0.4, 0.5) is 10.5 Å². The molecule has 0 bridgehead atoms. The summed E-state index contributed by atoms with van der Waals surface area (Å²) in [5.41, 5.74) is 3.03. The SMILES string of the molecule is CC(=O)c1ccc(N2CCN(C(=O)NC(c3ccccc3)C3CC3)CC2)cc1. The van der Waals surface area contributed by atoms with Crippen molar-refractivity contribution in [1.29, 1.82) is 0 Å². The highest BCUT2D eigenvalue weighted by molar-refractivity contribution is 5.94. The summed E-state index contributed by atoms with van der Waals surface area (Å²) in [4.78, 5) is 28.4. The first-order valence-electron chi connectivity index (χ1n) is 10.1. The Balaban J connectivity index is 1.34. The summed E-state index contributed by atoms with van der Waals surface area (Å²) in [5, 5.41) is 3.27. The average Bonchev–Trinajstić information content (AvgIpc) is 3.58. The van der Waals surface area contributed by atoms with Crippen LogP contribution in [0, 0.1) is 5.92 Å². The molecule has 5 nitrogen and oxygen atoms in total.